The lowest BCUT2D eigenvalue weighted by Crippen LogP contribution is -2.30. The van der Waals surface area contributed by atoms with Gasteiger partial charge in [0.2, 0.25) is 5.91 Å². The third-order valence-corrected chi connectivity index (χ3v) is 3.96. The highest BCUT2D eigenvalue weighted by Gasteiger charge is 2.21. The van der Waals surface area contributed by atoms with Crippen molar-refractivity contribution >= 4 is 34.5 Å². The molecule has 0 spiro atoms. The summed E-state index contributed by atoms with van der Waals surface area (Å²) in [6.07, 6.45) is 0.340. The molecule has 1 N–H and O–H groups in total. The lowest BCUT2D eigenvalue weighted by atomic mass is 10.2. The summed E-state index contributed by atoms with van der Waals surface area (Å²) in [4.78, 5) is 24.7. The van der Waals surface area contributed by atoms with Crippen LogP contribution in [0.15, 0.2) is 24.3 Å². The number of nitrogens with one attached hydrogen (secondary N) is 1. The zero-order chi connectivity index (χ0) is 13.7. The van der Waals surface area contributed by atoms with Gasteiger partial charge in [0.05, 0.1) is 0 Å². The largest absolute Gasteiger partial charge is 0.352 e. The molecule has 0 bridgehead atoms. The number of carbonyl (C=O) groups excluding carboxylic acids is 2. The van der Waals surface area contributed by atoms with E-state index in [4.69, 9.17) is 11.6 Å². The number of halogens is 1. The maximum absolute atomic E-state index is 11.7. The fraction of sp³-hybridized carbons (Fsp3) is 0.385. The number of hydrogen-bond donors (Lipinski definition) is 1. The third kappa shape index (κ3) is 4.44. The molecule has 0 atom stereocenters. The first-order chi connectivity index (χ1) is 9.15. The van der Waals surface area contributed by atoms with Gasteiger partial charge in [-0.05, 0) is 17.7 Å². The van der Waals surface area contributed by atoms with Crippen LogP contribution in [-0.4, -0.2) is 34.9 Å². The van der Waals surface area contributed by atoms with E-state index in [2.05, 4.69) is 5.32 Å². The number of benzene rings is 1. The lowest BCUT2D eigenvalue weighted by Gasteiger charge is -2.13. The number of thioether (sulfide) groups is 1. The van der Waals surface area contributed by atoms with Gasteiger partial charge in [0, 0.05) is 36.8 Å². The minimum absolute atomic E-state index is 0.0512. The first-order valence-electron chi connectivity index (χ1n) is 6.08. The molecule has 1 fully saturated rings. The Hall–Kier alpha value is -1.20. The molecule has 1 heterocycles. The Morgan fingerprint density at radius 2 is 2.32 bits per heavy atom. The zero-order valence-electron chi connectivity index (χ0n) is 10.4. The number of hydrogen-bond acceptors (Lipinski definition) is 3. The summed E-state index contributed by atoms with van der Waals surface area (Å²) < 4.78 is 0. The van der Waals surface area contributed by atoms with Gasteiger partial charge in [-0.2, -0.15) is 0 Å². The SMILES string of the molecule is O=C(CCN1CCSC1=O)NCc1cccc(Cl)c1. The molecule has 19 heavy (non-hydrogen) atoms. The quantitative estimate of drug-likeness (QED) is 0.909. The molecule has 0 radical (unpaired) electrons. The van der Waals surface area contributed by atoms with Gasteiger partial charge < -0.3 is 10.2 Å². The second kappa shape index (κ2) is 6.82. The van der Waals surface area contributed by atoms with E-state index in [9.17, 15) is 9.59 Å². The van der Waals surface area contributed by atoms with Crippen molar-refractivity contribution in [2.75, 3.05) is 18.8 Å². The van der Waals surface area contributed by atoms with Gasteiger partial charge in [-0.1, -0.05) is 35.5 Å². The molecular weight excluding hydrogens is 284 g/mol. The second-order valence-electron chi connectivity index (χ2n) is 4.26. The average molecular weight is 299 g/mol. The predicted molar refractivity (Wildman–Crippen MR) is 77.3 cm³/mol. The molecule has 0 unspecified atom stereocenters. The minimum Gasteiger partial charge on any atom is -0.352 e. The maximum Gasteiger partial charge on any atom is 0.281 e. The van der Waals surface area contributed by atoms with Crippen LogP contribution < -0.4 is 5.32 Å². The highest BCUT2D eigenvalue weighted by atomic mass is 35.5. The standard InChI is InChI=1S/C13H15ClN2O2S/c14-11-3-1-2-10(8-11)9-15-12(17)4-5-16-6-7-19-13(16)18/h1-3,8H,4-7,9H2,(H,15,17). The molecule has 1 aromatic rings. The van der Waals surface area contributed by atoms with Crippen molar-refractivity contribution < 1.29 is 9.59 Å². The first-order valence-corrected chi connectivity index (χ1v) is 7.44. The smallest absolute Gasteiger partial charge is 0.281 e. The van der Waals surface area contributed by atoms with Gasteiger partial charge in [0.25, 0.3) is 5.24 Å². The van der Waals surface area contributed by atoms with E-state index in [1.807, 2.05) is 18.2 Å². The van der Waals surface area contributed by atoms with Gasteiger partial charge in [0.1, 0.15) is 0 Å². The molecule has 2 rings (SSSR count). The van der Waals surface area contributed by atoms with Crippen LogP contribution in [0.25, 0.3) is 0 Å². The van der Waals surface area contributed by atoms with Crippen LogP contribution in [0, 0.1) is 0 Å². The Morgan fingerprint density at radius 3 is 3.00 bits per heavy atom. The summed E-state index contributed by atoms with van der Waals surface area (Å²) in [6.45, 7) is 1.69. The van der Waals surface area contributed by atoms with Crippen molar-refractivity contribution in [3.05, 3.63) is 34.9 Å². The van der Waals surface area contributed by atoms with Gasteiger partial charge in [-0.3, -0.25) is 9.59 Å². The Labute approximate surface area is 121 Å². The molecule has 0 aliphatic carbocycles. The van der Waals surface area contributed by atoms with Gasteiger partial charge in [-0.15, -0.1) is 0 Å². The van der Waals surface area contributed by atoms with Crippen LogP contribution in [0.1, 0.15) is 12.0 Å². The molecule has 2 amide bonds. The number of nitrogens with zero attached hydrogens (tertiary/aromatic N) is 1. The summed E-state index contributed by atoms with van der Waals surface area (Å²) in [5.74, 6) is 0.771. The maximum atomic E-state index is 11.7. The van der Waals surface area contributed by atoms with Gasteiger partial charge >= 0.3 is 0 Å². The normalized spacial score (nSPS) is 14.8. The Balaban J connectivity index is 1.71. The van der Waals surface area contributed by atoms with Crippen molar-refractivity contribution in [1.82, 2.24) is 10.2 Å². The minimum atomic E-state index is -0.0512. The third-order valence-electron chi connectivity index (χ3n) is 2.83. The summed E-state index contributed by atoms with van der Waals surface area (Å²) in [5.41, 5.74) is 0.966. The molecule has 1 aromatic carbocycles. The molecular formula is C13H15ClN2O2S. The molecule has 1 aliphatic rings. The van der Waals surface area contributed by atoms with E-state index in [1.54, 1.807) is 11.0 Å². The number of amides is 2. The number of rotatable bonds is 5. The average Bonchev–Trinajstić information content (AvgIpc) is 2.80. The topological polar surface area (TPSA) is 49.4 Å². The van der Waals surface area contributed by atoms with Crippen LogP contribution >= 0.6 is 23.4 Å². The van der Waals surface area contributed by atoms with E-state index >= 15 is 0 Å². The van der Waals surface area contributed by atoms with Crippen LogP contribution in [0.2, 0.25) is 5.02 Å². The fourth-order valence-electron chi connectivity index (χ4n) is 1.80. The van der Waals surface area contributed by atoms with E-state index in [1.165, 1.54) is 11.8 Å². The van der Waals surface area contributed by atoms with Crippen LogP contribution in [0.5, 0.6) is 0 Å². The molecule has 1 saturated heterocycles. The molecule has 0 aromatic heterocycles. The van der Waals surface area contributed by atoms with Crippen molar-refractivity contribution in [2.24, 2.45) is 0 Å². The van der Waals surface area contributed by atoms with Crippen LogP contribution in [-0.2, 0) is 11.3 Å². The van der Waals surface area contributed by atoms with Crippen molar-refractivity contribution in [3.8, 4) is 0 Å². The van der Waals surface area contributed by atoms with Crippen molar-refractivity contribution in [1.29, 1.82) is 0 Å². The Kier molecular flexibility index (Phi) is 5.10. The fourth-order valence-corrected chi connectivity index (χ4v) is 2.87. The summed E-state index contributed by atoms with van der Waals surface area (Å²) in [6, 6.07) is 7.38. The summed E-state index contributed by atoms with van der Waals surface area (Å²) in [7, 11) is 0. The highest BCUT2D eigenvalue weighted by Crippen LogP contribution is 2.17. The number of carbonyl (C=O) groups is 2. The predicted octanol–water partition coefficient (Wildman–Crippen LogP) is 2.52. The highest BCUT2D eigenvalue weighted by molar-refractivity contribution is 8.13. The summed E-state index contributed by atoms with van der Waals surface area (Å²) >= 11 is 7.17. The van der Waals surface area contributed by atoms with E-state index in [0.717, 1.165) is 17.9 Å². The molecule has 6 heteroatoms. The van der Waals surface area contributed by atoms with Crippen molar-refractivity contribution in [3.63, 3.8) is 0 Å². The molecule has 1 aliphatic heterocycles. The van der Waals surface area contributed by atoms with E-state index in [0.29, 0.717) is 24.5 Å². The Morgan fingerprint density at radius 1 is 1.47 bits per heavy atom. The van der Waals surface area contributed by atoms with Crippen molar-refractivity contribution in [2.45, 2.75) is 13.0 Å². The first kappa shape index (κ1) is 14.2. The molecule has 102 valence electrons. The zero-order valence-corrected chi connectivity index (χ0v) is 12.0. The Bertz CT molecular complexity index is 481. The van der Waals surface area contributed by atoms with Gasteiger partial charge in [-0.25, -0.2) is 0 Å². The van der Waals surface area contributed by atoms with Gasteiger partial charge in [0.15, 0.2) is 0 Å². The second-order valence-corrected chi connectivity index (χ2v) is 5.74. The van der Waals surface area contributed by atoms with Crippen LogP contribution in [0.4, 0.5) is 4.79 Å². The van der Waals surface area contributed by atoms with E-state index < -0.39 is 0 Å². The van der Waals surface area contributed by atoms with E-state index in [-0.39, 0.29) is 11.1 Å². The molecule has 0 saturated carbocycles. The molecule has 4 nitrogen and oxygen atoms in total. The lowest BCUT2D eigenvalue weighted by molar-refractivity contribution is -0.121. The van der Waals surface area contributed by atoms with Crippen LogP contribution in [0.3, 0.4) is 0 Å². The summed E-state index contributed by atoms with van der Waals surface area (Å²) in [5, 5.41) is 3.55. The monoisotopic (exact) mass is 298 g/mol.